The lowest BCUT2D eigenvalue weighted by molar-refractivity contribution is -0.0563. The van der Waals surface area contributed by atoms with E-state index >= 15 is 0 Å². The molecule has 14 nitrogen and oxygen atoms in total. The second-order valence-corrected chi connectivity index (χ2v) is 17.1. The van der Waals surface area contributed by atoms with Gasteiger partial charge in [0.25, 0.3) is 11.8 Å². The first-order valence-electron chi connectivity index (χ1n) is 20.1. The molecule has 0 bridgehead atoms. The normalized spacial score (nSPS) is 16.6. The molecule has 2 aromatic heterocycles. The molecule has 1 saturated heterocycles. The fraction of sp³-hybridized carbons (Fsp3) is 0.304. The van der Waals surface area contributed by atoms with Gasteiger partial charge in [0.05, 0.1) is 17.5 Å². The van der Waals surface area contributed by atoms with Crippen molar-refractivity contribution in [2.75, 3.05) is 11.9 Å². The molecule has 316 valence electrons. The predicted octanol–water partition coefficient (Wildman–Crippen LogP) is 8.59. The zero-order valence-electron chi connectivity index (χ0n) is 34.6. The van der Waals surface area contributed by atoms with Crippen LogP contribution in [0, 0.1) is 0 Å². The Morgan fingerprint density at radius 3 is 1.89 bits per heavy atom. The number of nitrogens with one attached hydrogen (secondary N) is 1. The van der Waals surface area contributed by atoms with Gasteiger partial charge in [-0.25, -0.2) is 14.6 Å². The minimum absolute atomic E-state index is 0.0399. The summed E-state index contributed by atoms with van der Waals surface area (Å²) in [4.78, 5) is 53.3. The van der Waals surface area contributed by atoms with Gasteiger partial charge in [-0.05, 0) is 70.8 Å². The standard InChI is InChI=1S/C46H47N5O9S/c1-27(2)33-22-34(28(3)4)40(35(23-33)29(5)6)61(55,56)60-43-39-41(48-46(50-43)49-42(52)30-16-10-7-11-17-30)51(26-47-39)38-24-36(59-45(54)32-20-14-9-15-21-32)37(58-38)25-57-44(53)31-18-12-8-13-19-31/h7-23,26-29,36-38H,24-25H2,1-6H3,(H,48,49,50,52)/t36-,37+,38+/m0/s1. The largest absolute Gasteiger partial charge is 0.459 e. The number of carbonyl (C=O) groups is 3. The molecule has 0 saturated carbocycles. The number of fused-ring (bicyclic) bond motifs is 1. The molecule has 6 aromatic rings. The summed E-state index contributed by atoms with van der Waals surface area (Å²) < 4.78 is 54.7. The van der Waals surface area contributed by atoms with Crippen molar-refractivity contribution in [2.24, 2.45) is 0 Å². The van der Waals surface area contributed by atoms with E-state index in [9.17, 15) is 22.8 Å². The van der Waals surface area contributed by atoms with Crippen molar-refractivity contribution in [3.8, 4) is 5.88 Å². The number of carbonyl (C=O) groups excluding carboxylic acids is 3. The molecule has 1 fully saturated rings. The summed E-state index contributed by atoms with van der Waals surface area (Å²) in [7, 11) is -4.59. The maximum atomic E-state index is 14.6. The molecule has 0 radical (unpaired) electrons. The third kappa shape index (κ3) is 9.48. The molecule has 0 aliphatic carbocycles. The van der Waals surface area contributed by atoms with E-state index in [0.29, 0.717) is 27.8 Å². The highest BCUT2D eigenvalue weighted by Crippen LogP contribution is 2.39. The Balaban J connectivity index is 1.28. The molecule has 1 amide bonds. The van der Waals surface area contributed by atoms with Gasteiger partial charge in [-0.1, -0.05) is 108 Å². The minimum atomic E-state index is -4.59. The zero-order valence-corrected chi connectivity index (χ0v) is 35.5. The fourth-order valence-corrected chi connectivity index (χ4v) is 8.62. The van der Waals surface area contributed by atoms with Crippen LogP contribution in [-0.4, -0.2) is 64.6 Å². The second-order valence-electron chi connectivity index (χ2n) is 15.7. The molecule has 1 aliphatic rings. The molecule has 1 N–H and O–H groups in total. The molecule has 15 heteroatoms. The number of ether oxygens (including phenoxy) is 3. The van der Waals surface area contributed by atoms with Crippen LogP contribution in [0.5, 0.6) is 5.88 Å². The third-order valence-electron chi connectivity index (χ3n) is 10.3. The number of imidazole rings is 1. The van der Waals surface area contributed by atoms with Crippen LogP contribution < -0.4 is 9.50 Å². The number of aromatic nitrogens is 4. The molecular weight excluding hydrogens is 799 g/mol. The molecule has 4 aromatic carbocycles. The Labute approximate surface area is 354 Å². The number of benzene rings is 4. The highest BCUT2D eigenvalue weighted by molar-refractivity contribution is 7.87. The maximum absolute atomic E-state index is 14.6. The molecule has 3 heterocycles. The zero-order chi connectivity index (χ0) is 43.4. The van der Waals surface area contributed by atoms with Crippen molar-refractivity contribution in [3.05, 3.63) is 143 Å². The van der Waals surface area contributed by atoms with Crippen molar-refractivity contribution in [3.63, 3.8) is 0 Å². The van der Waals surface area contributed by atoms with Crippen LogP contribution in [0.4, 0.5) is 5.95 Å². The molecule has 0 unspecified atom stereocenters. The number of hydrogen-bond acceptors (Lipinski definition) is 12. The van der Waals surface area contributed by atoms with Gasteiger partial charge in [-0.15, -0.1) is 0 Å². The lowest BCUT2D eigenvalue weighted by Gasteiger charge is -2.22. The van der Waals surface area contributed by atoms with Gasteiger partial charge in [-0.2, -0.15) is 18.4 Å². The van der Waals surface area contributed by atoms with Gasteiger partial charge in [0.15, 0.2) is 11.2 Å². The summed E-state index contributed by atoms with van der Waals surface area (Å²) in [6, 6.07) is 29.1. The first kappa shape index (κ1) is 42.7. The van der Waals surface area contributed by atoms with E-state index in [1.165, 1.54) is 10.9 Å². The Morgan fingerprint density at radius 1 is 0.770 bits per heavy atom. The number of esters is 2. The van der Waals surface area contributed by atoms with Crippen LogP contribution in [-0.2, 0) is 24.3 Å². The third-order valence-corrected chi connectivity index (χ3v) is 11.7. The number of rotatable bonds is 14. The summed E-state index contributed by atoms with van der Waals surface area (Å²) in [5, 5.41) is 2.67. The van der Waals surface area contributed by atoms with E-state index < -0.39 is 52.3 Å². The molecule has 61 heavy (non-hydrogen) atoms. The van der Waals surface area contributed by atoms with E-state index in [1.54, 1.807) is 91.0 Å². The highest BCUT2D eigenvalue weighted by Gasteiger charge is 2.41. The van der Waals surface area contributed by atoms with Gasteiger partial charge < -0.3 is 18.4 Å². The Morgan fingerprint density at radius 2 is 1.33 bits per heavy atom. The Kier molecular flexibility index (Phi) is 12.6. The van der Waals surface area contributed by atoms with E-state index in [0.717, 1.165) is 5.56 Å². The first-order valence-corrected chi connectivity index (χ1v) is 21.5. The van der Waals surface area contributed by atoms with Crippen LogP contribution >= 0.6 is 0 Å². The van der Waals surface area contributed by atoms with Crippen LogP contribution in [0.25, 0.3) is 11.2 Å². The topological polar surface area (TPSA) is 178 Å². The summed E-state index contributed by atoms with van der Waals surface area (Å²) in [6.45, 7) is 11.5. The van der Waals surface area contributed by atoms with Crippen LogP contribution in [0.1, 0.15) is 120 Å². The predicted molar refractivity (Wildman–Crippen MR) is 227 cm³/mol. The molecule has 0 spiro atoms. The van der Waals surface area contributed by atoms with Crippen molar-refractivity contribution >= 4 is 45.1 Å². The van der Waals surface area contributed by atoms with Gasteiger partial charge in [0.1, 0.15) is 29.9 Å². The number of nitrogens with zero attached hydrogens (tertiary/aromatic N) is 4. The average molecular weight is 846 g/mol. The Bertz CT molecular complexity index is 2620. The second kappa shape index (κ2) is 18.0. The molecule has 3 atom stereocenters. The van der Waals surface area contributed by atoms with Gasteiger partial charge in [0.2, 0.25) is 5.95 Å². The van der Waals surface area contributed by atoms with Crippen molar-refractivity contribution < 1.29 is 41.2 Å². The maximum Gasteiger partial charge on any atom is 0.341 e. The van der Waals surface area contributed by atoms with E-state index in [-0.39, 0.29) is 52.8 Å². The van der Waals surface area contributed by atoms with Gasteiger partial charge in [0, 0.05) is 12.0 Å². The summed E-state index contributed by atoms with van der Waals surface area (Å²) in [5.74, 6) is -2.68. The first-order chi connectivity index (χ1) is 29.2. The average Bonchev–Trinajstić information content (AvgIpc) is 3.86. The number of amides is 1. The van der Waals surface area contributed by atoms with Gasteiger partial charge >= 0.3 is 22.1 Å². The molecule has 7 rings (SSSR count). The molecule has 1 aliphatic heterocycles. The van der Waals surface area contributed by atoms with E-state index in [4.69, 9.17) is 18.4 Å². The van der Waals surface area contributed by atoms with Crippen molar-refractivity contribution in [1.82, 2.24) is 19.5 Å². The highest BCUT2D eigenvalue weighted by atomic mass is 32.2. The van der Waals surface area contributed by atoms with Crippen LogP contribution in [0.3, 0.4) is 0 Å². The summed E-state index contributed by atoms with van der Waals surface area (Å²) in [5.41, 5.74) is 3.14. The summed E-state index contributed by atoms with van der Waals surface area (Å²) >= 11 is 0. The van der Waals surface area contributed by atoms with Gasteiger partial charge in [-0.3, -0.25) is 14.7 Å². The minimum Gasteiger partial charge on any atom is -0.459 e. The summed E-state index contributed by atoms with van der Waals surface area (Å²) in [6.07, 6.45) is -1.35. The van der Waals surface area contributed by atoms with E-state index in [1.807, 2.05) is 39.8 Å². The van der Waals surface area contributed by atoms with Crippen LogP contribution in [0.15, 0.2) is 114 Å². The van der Waals surface area contributed by atoms with E-state index in [2.05, 4.69) is 34.1 Å². The Hall–Kier alpha value is -6.45. The quantitative estimate of drug-likeness (QED) is 0.0817. The fourth-order valence-electron chi connectivity index (χ4n) is 7.04. The smallest absolute Gasteiger partial charge is 0.341 e. The SMILES string of the molecule is CC(C)c1cc(C(C)C)c(S(=O)(=O)Oc2nc(NC(=O)c3ccccc3)nc3c2ncn3[C@H]2C[C@H](OC(=O)c3ccccc3)[C@@H](COC(=O)c3ccccc3)O2)c(C(C)C)c1. The lowest BCUT2D eigenvalue weighted by Crippen LogP contribution is -2.32. The number of hydrogen-bond donors (Lipinski definition) is 1. The number of anilines is 1. The molecular formula is C46H47N5O9S. The van der Waals surface area contributed by atoms with Crippen LogP contribution in [0.2, 0.25) is 0 Å². The van der Waals surface area contributed by atoms with Crippen molar-refractivity contribution in [1.29, 1.82) is 0 Å². The lowest BCUT2D eigenvalue weighted by atomic mass is 9.89. The monoisotopic (exact) mass is 845 g/mol. The van der Waals surface area contributed by atoms with Crippen molar-refractivity contribution in [2.45, 2.75) is 89.0 Å².